The van der Waals surface area contributed by atoms with E-state index < -0.39 is 12.2 Å². The highest BCUT2D eigenvalue weighted by Gasteiger charge is 2.05. The molecule has 27 heavy (non-hydrogen) atoms. The summed E-state index contributed by atoms with van der Waals surface area (Å²) in [4.78, 5) is 0. The molecule has 2 aromatic rings. The van der Waals surface area contributed by atoms with Crippen molar-refractivity contribution in [1.82, 2.24) is 0 Å². The van der Waals surface area contributed by atoms with Crippen molar-refractivity contribution in [1.29, 1.82) is 0 Å². The van der Waals surface area contributed by atoms with E-state index in [4.69, 9.17) is 26.2 Å². The number of hydrogen-bond donors (Lipinski definition) is 3. The van der Waals surface area contributed by atoms with Crippen molar-refractivity contribution < 1.29 is 24.8 Å². The first kappa shape index (κ1) is 21.3. The maximum absolute atomic E-state index is 9.40. The zero-order valence-corrected chi connectivity index (χ0v) is 16.0. The molecule has 0 aromatic heterocycles. The largest absolute Gasteiger partial charge is 0.491 e. The second kappa shape index (κ2) is 10.9. The van der Waals surface area contributed by atoms with E-state index in [1.165, 1.54) is 0 Å². The molecule has 146 valence electrons. The Kier molecular flexibility index (Phi) is 8.61. The summed E-state index contributed by atoms with van der Waals surface area (Å²) in [6.45, 7) is 1.83. The Morgan fingerprint density at radius 2 is 1.56 bits per heavy atom. The Balaban J connectivity index is 1.94. The molecule has 0 amide bonds. The molecule has 5 nitrogen and oxygen atoms in total. The van der Waals surface area contributed by atoms with E-state index in [1.807, 2.05) is 61.5 Å². The Morgan fingerprint density at radius 1 is 0.926 bits per heavy atom. The molecule has 0 saturated heterocycles. The summed E-state index contributed by atoms with van der Waals surface area (Å²) in [6, 6.07) is 13.3. The third kappa shape index (κ3) is 7.23. The fourth-order valence-electron chi connectivity index (χ4n) is 2.28. The Labute approximate surface area is 164 Å². The summed E-state index contributed by atoms with van der Waals surface area (Å²) >= 11 is 5.53. The summed E-state index contributed by atoms with van der Waals surface area (Å²) in [7, 11) is 0. The third-order valence-electron chi connectivity index (χ3n) is 3.81. The molecule has 2 rings (SSSR count). The molecule has 0 aliphatic rings. The number of aryl methyl sites for hydroxylation is 1. The summed E-state index contributed by atoms with van der Waals surface area (Å²) in [5.41, 5.74) is 2.99. The van der Waals surface area contributed by atoms with E-state index >= 15 is 0 Å². The van der Waals surface area contributed by atoms with E-state index in [0.717, 1.165) is 16.7 Å². The fraction of sp³-hybridized carbons (Fsp3) is 0.333. The normalized spacial score (nSPS) is 13.5. The number of hydrogen-bond acceptors (Lipinski definition) is 5. The van der Waals surface area contributed by atoms with Crippen molar-refractivity contribution in [2.75, 3.05) is 25.7 Å². The molecule has 3 N–H and O–H groups in total. The average Bonchev–Trinajstić information content (AvgIpc) is 2.70. The topological polar surface area (TPSA) is 79.2 Å². The van der Waals surface area contributed by atoms with Crippen LogP contribution in [-0.2, 0) is 0 Å². The van der Waals surface area contributed by atoms with Gasteiger partial charge in [-0.05, 0) is 47.9 Å². The predicted molar refractivity (Wildman–Crippen MR) is 107 cm³/mol. The molecule has 0 aliphatic carbocycles. The van der Waals surface area contributed by atoms with Crippen LogP contribution in [0.2, 0.25) is 0 Å². The molecule has 6 heteroatoms. The van der Waals surface area contributed by atoms with Gasteiger partial charge in [0.25, 0.3) is 0 Å². The molecule has 0 bridgehead atoms. The van der Waals surface area contributed by atoms with Gasteiger partial charge in [0.05, 0.1) is 12.5 Å². The number of ether oxygens (including phenoxy) is 2. The number of aliphatic hydroxyl groups excluding tert-OH is 3. The van der Waals surface area contributed by atoms with Crippen molar-refractivity contribution >= 4 is 23.8 Å². The van der Waals surface area contributed by atoms with Crippen LogP contribution in [0.4, 0.5) is 0 Å². The monoisotopic (exact) mass is 392 g/mol. The lowest BCUT2D eigenvalue weighted by Gasteiger charge is -2.12. The summed E-state index contributed by atoms with van der Waals surface area (Å²) in [6.07, 6.45) is 2.43. The predicted octanol–water partition coefficient (Wildman–Crippen LogP) is 2.88. The van der Waals surface area contributed by atoms with Crippen LogP contribution in [0.1, 0.15) is 16.7 Å². The van der Waals surface area contributed by atoms with Crippen molar-refractivity contribution in [3.05, 3.63) is 59.2 Å². The third-order valence-corrected chi connectivity index (χ3v) is 4.17. The van der Waals surface area contributed by atoms with E-state index in [2.05, 4.69) is 0 Å². The molecule has 0 fully saturated rings. The average molecular weight is 393 g/mol. The maximum atomic E-state index is 9.40. The van der Waals surface area contributed by atoms with Crippen LogP contribution in [-0.4, -0.2) is 53.2 Å². The van der Waals surface area contributed by atoms with Gasteiger partial charge in [-0.25, -0.2) is 0 Å². The van der Waals surface area contributed by atoms with Crippen LogP contribution >= 0.6 is 11.6 Å². The first-order valence-electron chi connectivity index (χ1n) is 8.69. The maximum Gasteiger partial charge on any atom is 0.122 e. The quantitative estimate of drug-likeness (QED) is 0.428. The molecule has 0 heterocycles. The first-order valence-corrected chi connectivity index (χ1v) is 9.22. The SMILES string of the molecule is Cc1cc(/C=C\c2ccc(OC[C@H](O)CCl)cc2)ccc1OC[C@H](O)CO. The fourth-order valence-corrected chi connectivity index (χ4v) is 2.37. The standard InChI is InChI=1S/C21H25ClO5/c1-15-10-17(6-9-21(15)27-14-19(25)12-23)3-2-16-4-7-20(8-5-16)26-13-18(24)11-22/h2-10,18-19,23-25H,11-14H2,1H3/b3-2-/t18-,19-/m1/s1. The van der Waals surface area contributed by atoms with Crippen LogP contribution < -0.4 is 9.47 Å². The first-order chi connectivity index (χ1) is 13.0. The number of halogens is 1. The molecule has 2 atom stereocenters. The van der Waals surface area contributed by atoms with Crippen LogP contribution in [0.5, 0.6) is 11.5 Å². The van der Waals surface area contributed by atoms with Crippen LogP contribution in [0.15, 0.2) is 42.5 Å². The van der Waals surface area contributed by atoms with Gasteiger partial charge in [-0.1, -0.05) is 30.4 Å². The minimum atomic E-state index is -0.880. The van der Waals surface area contributed by atoms with Gasteiger partial charge in [-0.15, -0.1) is 11.6 Å². The van der Waals surface area contributed by atoms with Gasteiger partial charge in [-0.3, -0.25) is 0 Å². The minimum Gasteiger partial charge on any atom is -0.491 e. The highest BCUT2D eigenvalue weighted by molar-refractivity contribution is 6.18. The highest BCUT2D eigenvalue weighted by atomic mass is 35.5. The Hall–Kier alpha value is -2.05. The molecule has 0 unspecified atom stereocenters. The van der Waals surface area contributed by atoms with Gasteiger partial charge in [0.15, 0.2) is 0 Å². The van der Waals surface area contributed by atoms with Gasteiger partial charge in [0.2, 0.25) is 0 Å². The van der Waals surface area contributed by atoms with Crippen molar-refractivity contribution in [3.8, 4) is 11.5 Å². The van der Waals surface area contributed by atoms with Crippen LogP contribution in [0.3, 0.4) is 0 Å². The lowest BCUT2D eigenvalue weighted by atomic mass is 10.1. The second-order valence-electron chi connectivity index (χ2n) is 6.19. The van der Waals surface area contributed by atoms with E-state index in [-0.39, 0.29) is 25.7 Å². The van der Waals surface area contributed by atoms with Crippen LogP contribution in [0.25, 0.3) is 12.2 Å². The molecule has 0 spiro atoms. The lowest BCUT2D eigenvalue weighted by Crippen LogP contribution is -2.21. The zero-order valence-electron chi connectivity index (χ0n) is 15.2. The van der Waals surface area contributed by atoms with Gasteiger partial charge in [0, 0.05) is 0 Å². The van der Waals surface area contributed by atoms with Crippen molar-refractivity contribution in [2.24, 2.45) is 0 Å². The molecule has 2 aromatic carbocycles. The lowest BCUT2D eigenvalue weighted by molar-refractivity contribution is 0.0534. The number of benzene rings is 2. The molecule has 0 aliphatic heterocycles. The highest BCUT2D eigenvalue weighted by Crippen LogP contribution is 2.21. The zero-order chi connectivity index (χ0) is 19.6. The Bertz CT molecular complexity index is 730. The second-order valence-corrected chi connectivity index (χ2v) is 6.50. The summed E-state index contributed by atoms with van der Waals surface area (Å²) in [5.74, 6) is 1.51. The number of rotatable bonds is 10. The smallest absolute Gasteiger partial charge is 0.122 e. The minimum absolute atomic E-state index is 0.0584. The summed E-state index contributed by atoms with van der Waals surface area (Å²) < 4.78 is 10.9. The molecular weight excluding hydrogens is 368 g/mol. The van der Waals surface area contributed by atoms with Gasteiger partial charge in [-0.2, -0.15) is 0 Å². The number of alkyl halides is 1. The number of aliphatic hydroxyl groups is 3. The van der Waals surface area contributed by atoms with Gasteiger partial charge < -0.3 is 24.8 Å². The van der Waals surface area contributed by atoms with Gasteiger partial charge >= 0.3 is 0 Å². The van der Waals surface area contributed by atoms with Crippen molar-refractivity contribution in [3.63, 3.8) is 0 Å². The molecule has 0 radical (unpaired) electrons. The van der Waals surface area contributed by atoms with Crippen molar-refractivity contribution in [2.45, 2.75) is 19.1 Å². The van der Waals surface area contributed by atoms with E-state index in [0.29, 0.717) is 11.5 Å². The van der Waals surface area contributed by atoms with E-state index in [1.54, 1.807) is 0 Å². The van der Waals surface area contributed by atoms with E-state index in [9.17, 15) is 10.2 Å². The van der Waals surface area contributed by atoms with Gasteiger partial charge in [0.1, 0.15) is 36.9 Å². The summed E-state index contributed by atoms with van der Waals surface area (Å²) in [5, 5.41) is 27.6. The van der Waals surface area contributed by atoms with Crippen LogP contribution in [0, 0.1) is 6.92 Å². The molecule has 0 saturated carbocycles. The Morgan fingerprint density at radius 3 is 2.19 bits per heavy atom. The molecular formula is C21H25ClO5.